The average Bonchev–Trinajstić information content (AvgIpc) is 2.37. The molecule has 1 aliphatic rings. The van der Waals surface area contributed by atoms with Crippen molar-refractivity contribution in [2.45, 2.75) is 52.0 Å². The SMILES string of the molecule is CCCCNC(=O)[C@@H]1CC[C@H](C)N(CCC(=O)O)C1. The molecular formula is C14H26N2O3. The van der Waals surface area contributed by atoms with E-state index in [2.05, 4.69) is 24.1 Å². The Hall–Kier alpha value is -1.10. The Kier molecular flexibility index (Phi) is 6.84. The molecule has 110 valence electrons. The van der Waals surface area contributed by atoms with Crippen LogP contribution in [-0.2, 0) is 9.59 Å². The zero-order valence-corrected chi connectivity index (χ0v) is 12.0. The van der Waals surface area contributed by atoms with Gasteiger partial charge in [-0.15, -0.1) is 0 Å². The fourth-order valence-electron chi connectivity index (χ4n) is 2.48. The molecule has 19 heavy (non-hydrogen) atoms. The second-order valence-corrected chi connectivity index (χ2v) is 5.41. The molecule has 0 aromatic heterocycles. The van der Waals surface area contributed by atoms with Gasteiger partial charge in [-0.05, 0) is 26.2 Å². The predicted octanol–water partition coefficient (Wildman–Crippen LogP) is 1.48. The number of aliphatic carboxylic acids is 1. The first-order valence-electron chi connectivity index (χ1n) is 7.28. The summed E-state index contributed by atoms with van der Waals surface area (Å²) in [5, 5.41) is 11.7. The number of carboxylic acids is 1. The summed E-state index contributed by atoms with van der Waals surface area (Å²) in [5.74, 6) is -0.635. The molecule has 0 bridgehead atoms. The van der Waals surface area contributed by atoms with Crippen molar-refractivity contribution >= 4 is 11.9 Å². The lowest BCUT2D eigenvalue weighted by Crippen LogP contribution is -2.47. The van der Waals surface area contributed by atoms with Crippen molar-refractivity contribution in [3.63, 3.8) is 0 Å². The number of unbranched alkanes of at least 4 members (excludes halogenated alkanes) is 1. The van der Waals surface area contributed by atoms with Gasteiger partial charge in [-0.3, -0.25) is 14.5 Å². The first-order valence-corrected chi connectivity index (χ1v) is 7.28. The molecule has 1 saturated heterocycles. The van der Waals surface area contributed by atoms with E-state index in [1.54, 1.807) is 0 Å². The number of hydrogen-bond donors (Lipinski definition) is 2. The number of amides is 1. The van der Waals surface area contributed by atoms with Crippen LogP contribution in [0.25, 0.3) is 0 Å². The Labute approximate surface area is 115 Å². The highest BCUT2D eigenvalue weighted by molar-refractivity contribution is 5.79. The van der Waals surface area contributed by atoms with Gasteiger partial charge in [0.25, 0.3) is 0 Å². The highest BCUT2D eigenvalue weighted by Gasteiger charge is 2.29. The molecule has 2 N–H and O–H groups in total. The van der Waals surface area contributed by atoms with Crippen molar-refractivity contribution in [2.24, 2.45) is 5.92 Å². The van der Waals surface area contributed by atoms with E-state index in [1.165, 1.54) is 0 Å². The molecule has 0 unspecified atom stereocenters. The maximum atomic E-state index is 12.0. The van der Waals surface area contributed by atoms with E-state index in [4.69, 9.17) is 5.11 Å². The summed E-state index contributed by atoms with van der Waals surface area (Å²) in [7, 11) is 0. The van der Waals surface area contributed by atoms with E-state index in [1.807, 2.05) is 0 Å². The summed E-state index contributed by atoms with van der Waals surface area (Å²) in [6, 6.07) is 0.374. The van der Waals surface area contributed by atoms with Crippen LogP contribution in [0.5, 0.6) is 0 Å². The molecule has 1 amide bonds. The van der Waals surface area contributed by atoms with E-state index in [0.29, 0.717) is 19.1 Å². The Morgan fingerprint density at radius 1 is 1.37 bits per heavy atom. The molecule has 5 nitrogen and oxygen atoms in total. The van der Waals surface area contributed by atoms with Crippen molar-refractivity contribution in [2.75, 3.05) is 19.6 Å². The van der Waals surface area contributed by atoms with Gasteiger partial charge in [-0.2, -0.15) is 0 Å². The molecule has 1 heterocycles. The number of carbonyl (C=O) groups is 2. The molecule has 1 aliphatic heterocycles. The zero-order chi connectivity index (χ0) is 14.3. The third-order valence-electron chi connectivity index (χ3n) is 3.82. The van der Waals surface area contributed by atoms with Crippen molar-refractivity contribution in [1.82, 2.24) is 10.2 Å². The highest BCUT2D eigenvalue weighted by Crippen LogP contribution is 2.22. The third-order valence-corrected chi connectivity index (χ3v) is 3.82. The van der Waals surface area contributed by atoms with Crippen molar-refractivity contribution < 1.29 is 14.7 Å². The lowest BCUT2D eigenvalue weighted by Gasteiger charge is -2.37. The molecular weight excluding hydrogens is 244 g/mol. The molecule has 1 rings (SSSR count). The van der Waals surface area contributed by atoms with Crippen molar-refractivity contribution in [3.05, 3.63) is 0 Å². The average molecular weight is 270 g/mol. The van der Waals surface area contributed by atoms with Crippen LogP contribution < -0.4 is 5.32 Å². The zero-order valence-electron chi connectivity index (χ0n) is 12.0. The topological polar surface area (TPSA) is 69.6 Å². The summed E-state index contributed by atoms with van der Waals surface area (Å²) in [4.78, 5) is 24.8. The number of hydrogen-bond acceptors (Lipinski definition) is 3. The van der Waals surface area contributed by atoms with Gasteiger partial charge in [-0.25, -0.2) is 0 Å². The quantitative estimate of drug-likeness (QED) is 0.687. The van der Waals surface area contributed by atoms with E-state index >= 15 is 0 Å². The van der Waals surface area contributed by atoms with Gasteiger partial charge in [0.15, 0.2) is 0 Å². The van der Waals surface area contributed by atoms with E-state index in [9.17, 15) is 9.59 Å². The van der Waals surface area contributed by atoms with Crippen LogP contribution in [-0.4, -0.2) is 47.6 Å². The maximum Gasteiger partial charge on any atom is 0.304 e. The van der Waals surface area contributed by atoms with Crippen LogP contribution in [0, 0.1) is 5.92 Å². The number of rotatable bonds is 7. The molecule has 0 saturated carbocycles. The molecule has 0 spiro atoms. The molecule has 1 fully saturated rings. The van der Waals surface area contributed by atoms with Crippen molar-refractivity contribution in [1.29, 1.82) is 0 Å². The number of carboxylic acid groups (broad SMARTS) is 1. The standard InChI is InChI=1S/C14H26N2O3/c1-3-4-8-15-14(19)12-6-5-11(2)16(10-12)9-7-13(17)18/h11-12H,3-10H2,1-2H3,(H,15,19)(H,17,18)/t11-,12+/m0/s1. The Bertz CT molecular complexity index is 307. The van der Waals surface area contributed by atoms with Gasteiger partial charge in [0.1, 0.15) is 0 Å². The molecule has 0 radical (unpaired) electrons. The summed E-state index contributed by atoms with van der Waals surface area (Å²) < 4.78 is 0. The van der Waals surface area contributed by atoms with Gasteiger partial charge in [-0.1, -0.05) is 13.3 Å². The summed E-state index contributed by atoms with van der Waals surface area (Å²) in [5.41, 5.74) is 0. The monoisotopic (exact) mass is 270 g/mol. The van der Waals surface area contributed by atoms with E-state index in [-0.39, 0.29) is 18.2 Å². The summed E-state index contributed by atoms with van der Waals surface area (Å²) in [6.07, 6.45) is 4.10. The number of nitrogens with zero attached hydrogens (tertiary/aromatic N) is 1. The minimum atomic E-state index is -0.776. The third kappa shape index (κ3) is 5.59. The van der Waals surface area contributed by atoms with Crippen LogP contribution >= 0.6 is 0 Å². The fraction of sp³-hybridized carbons (Fsp3) is 0.857. The summed E-state index contributed by atoms with van der Waals surface area (Å²) >= 11 is 0. The van der Waals surface area contributed by atoms with Crippen molar-refractivity contribution in [3.8, 4) is 0 Å². The minimum Gasteiger partial charge on any atom is -0.481 e. The Morgan fingerprint density at radius 3 is 2.74 bits per heavy atom. The molecule has 0 aliphatic carbocycles. The highest BCUT2D eigenvalue weighted by atomic mass is 16.4. The number of nitrogens with one attached hydrogen (secondary N) is 1. The Morgan fingerprint density at radius 2 is 2.11 bits per heavy atom. The molecule has 2 atom stereocenters. The number of likely N-dealkylation sites (tertiary alicyclic amines) is 1. The lowest BCUT2D eigenvalue weighted by atomic mass is 9.92. The molecule has 5 heteroatoms. The van der Waals surface area contributed by atoms with Gasteiger partial charge in [0, 0.05) is 25.7 Å². The smallest absolute Gasteiger partial charge is 0.304 e. The maximum absolute atomic E-state index is 12.0. The fourth-order valence-corrected chi connectivity index (χ4v) is 2.48. The lowest BCUT2D eigenvalue weighted by molar-refractivity contribution is -0.137. The molecule has 0 aromatic carbocycles. The van der Waals surface area contributed by atoms with Gasteiger partial charge in [0.05, 0.1) is 12.3 Å². The second kappa shape index (κ2) is 8.15. The number of carbonyl (C=O) groups excluding carboxylic acids is 1. The normalized spacial score (nSPS) is 24.1. The first-order chi connectivity index (χ1) is 9.04. The largest absolute Gasteiger partial charge is 0.481 e. The van der Waals surface area contributed by atoms with Crippen LogP contribution in [0.2, 0.25) is 0 Å². The second-order valence-electron chi connectivity index (χ2n) is 5.41. The van der Waals surface area contributed by atoms with Gasteiger partial charge >= 0.3 is 5.97 Å². The predicted molar refractivity (Wildman–Crippen MR) is 73.9 cm³/mol. The van der Waals surface area contributed by atoms with Crippen LogP contribution in [0.1, 0.15) is 46.0 Å². The van der Waals surface area contributed by atoms with Gasteiger partial charge in [0.2, 0.25) is 5.91 Å². The van der Waals surface area contributed by atoms with E-state index < -0.39 is 5.97 Å². The van der Waals surface area contributed by atoms with Crippen LogP contribution in [0.4, 0.5) is 0 Å². The first kappa shape index (κ1) is 16.0. The van der Waals surface area contributed by atoms with E-state index in [0.717, 1.165) is 32.2 Å². The van der Waals surface area contributed by atoms with Crippen LogP contribution in [0.15, 0.2) is 0 Å². The van der Waals surface area contributed by atoms with Crippen LogP contribution in [0.3, 0.4) is 0 Å². The van der Waals surface area contributed by atoms with Gasteiger partial charge < -0.3 is 10.4 Å². The summed E-state index contributed by atoms with van der Waals surface area (Å²) in [6.45, 7) is 6.17. The minimum absolute atomic E-state index is 0.0156. The molecule has 0 aromatic rings. The Balaban J connectivity index is 2.39. The number of piperidine rings is 1.